The number of hydrogen-bond acceptors (Lipinski definition) is 1. The summed E-state index contributed by atoms with van der Waals surface area (Å²) >= 11 is 0. The number of nitrogens with one attached hydrogen (secondary N) is 1. The summed E-state index contributed by atoms with van der Waals surface area (Å²) in [7, 11) is 1.72. The van der Waals surface area contributed by atoms with Crippen LogP contribution in [0.4, 0.5) is 10.1 Å². The van der Waals surface area contributed by atoms with Crippen LogP contribution in [-0.2, 0) is 0 Å². The van der Waals surface area contributed by atoms with Crippen molar-refractivity contribution >= 4 is 5.69 Å². The molecule has 68 valence electrons. The largest absolute Gasteiger partial charge is 0.386 e. The van der Waals surface area contributed by atoms with E-state index in [1.54, 1.807) is 19.2 Å². The Morgan fingerprint density at radius 2 is 2.08 bits per heavy atom. The fourth-order valence-electron chi connectivity index (χ4n) is 1.09. The Kier molecular flexibility index (Phi) is 2.69. The summed E-state index contributed by atoms with van der Waals surface area (Å²) in [5.74, 6) is 0.203. The van der Waals surface area contributed by atoms with E-state index in [-0.39, 0.29) is 7.24 Å². The fraction of sp³-hybridized carbons (Fsp3) is 0.400. The Bertz CT molecular complexity index is 274. The minimum atomic E-state index is -0.177. The first-order chi connectivity index (χ1) is 5.65. The van der Waals surface area contributed by atoms with E-state index in [4.69, 9.17) is 0 Å². The van der Waals surface area contributed by atoms with E-state index in [0.717, 1.165) is 5.56 Å². The van der Waals surface area contributed by atoms with Gasteiger partial charge in [-0.2, -0.15) is 0 Å². The van der Waals surface area contributed by atoms with Gasteiger partial charge in [0.2, 0.25) is 0 Å². The Labute approximate surface area is 74.1 Å². The normalized spacial score (nSPS) is 10.4. The first kappa shape index (κ1) is 9.04. The average molecular weight is 169 g/mol. The summed E-state index contributed by atoms with van der Waals surface area (Å²) in [6.45, 7) is 4.10. The van der Waals surface area contributed by atoms with Crippen LogP contribution in [0.15, 0.2) is 18.2 Å². The van der Waals surface area contributed by atoms with Gasteiger partial charge in [-0.1, -0.05) is 19.9 Å². The van der Waals surface area contributed by atoms with Gasteiger partial charge in [0, 0.05) is 8.47 Å². The van der Waals surface area contributed by atoms with Gasteiger partial charge >= 0.3 is 0 Å². The van der Waals surface area contributed by atoms with Gasteiger partial charge in [0.25, 0.3) is 0 Å². The van der Waals surface area contributed by atoms with E-state index in [9.17, 15) is 4.39 Å². The molecule has 0 aliphatic carbocycles. The van der Waals surface area contributed by atoms with E-state index in [2.05, 4.69) is 5.32 Å². The molecule has 0 saturated carbocycles. The van der Waals surface area contributed by atoms with Gasteiger partial charge in [-0.3, -0.25) is 0 Å². The van der Waals surface area contributed by atoms with Gasteiger partial charge < -0.3 is 5.32 Å². The van der Waals surface area contributed by atoms with Crippen molar-refractivity contribution in [3.05, 3.63) is 29.6 Å². The Morgan fingerprint density at radius 3 is 2.50 bits per heavy atom. The zero-order valence-corrected chi connectivity index (χ0v) is 7.69. The topological polar surface area (TPSA) is 12.0 Å². The molecule has 0 saturated heterocycles. The van der Waals surface area contributed by atoms with Crippen LogP contribution >= 0.6 is 0 Å². The van der Waals surface area contributed by atoms with Crippen LogP contribution in [0.1, 0.15) is 26.8 Å². The van der Waals surface area contributed by atoms with Crippen molar-refractivity contribution in [3.63, 3.8) is 0 Å². The first-order valence-electron chi connectivity index (χ1n) is 4.12. The van der Waals surface area contributed by atoms with E-state index in [1.165, 1.54) is 0 Å². The predicted molar refractivity (Wildman–Crippen MR) is 52.1 cm³/mol. The Hall–Kier alpha value is -1.05. The molecule has 0 amide bonds. The lowest BCUT2D eigenvalue weighted by atomic mass is 10.0. The summed E-state index contributed by atoms with van der Waals surface area (Å²) in [6.07, 6.45) is 0. The SMILES string of the molecule is CNc1ccc(C(C)C)cc1F.[HH]. The molecule has 0 heterocycles. The molecule has 0 fully saturated rings. The molecule has 0 aliphatic rings. The lowest BCUT2D eigenvalue weighted by molar-refractivity contribution is 0.627. The van der Waals surface area contributed by atoms with E-state index >= 15 is 0 Å². The summed E-state index contributed by atoms with van der Waals surface area (Å²) in [4.78, 5) is 0. The van der Waals surface area contributed by atoms with Crippen LogP contribution in [0.25, 0.3) is 0 Å². The second kappa shape index (κ2) is 3.57. The maximum atomic E-state index is 13.1. The average Bonchev–Trinajstić information content (AvgIpc) is 2.04. The number of hydrogen-bond donors (Lipinski definition) is 1. The molecule has 1 aromatic rings. The molecule has 0 aliphatic heterocycles. The second-order valence-corrected chi connectivity index (χ2v) is 3.14. The maximum Gasteiger partial charge on any atom is 0.146 e. The maximum absolute atomic E-state index is 13.1. The first-order valence-corrected chi connectivity index (χ1v) is 4.12. The highest BCUT2D eigenvalue weighted by Gasteiger charge is 2.03. The molecule has 1 nitrogen and oxygen atoms in total. The van der Waals surface area contributed by atoms with Crippen LogP contribution in [0.3, 0.4) is 0 Å². The molecule has 0 atom stereocenters. The fourth-order valence-corrected chi connectivity index (χ4v) is 1.09. The molecule has 2 heteroatoms. The third kappa shape index (κ3) is 1.76. The number of halogens is 1. The molecule has 0 aromatic heterocycles. The Balaban J connectivity index is 0.00000144. The van der Waals surface area contributed by atoms with E-state index in [1.807, 2.05) is 19.9 Å². The molecule has 12 heavy (non-hydrogen) atoms. The molecule has 1 rings (SSSR count). The van der Waals surface area contributed by atoms with Gasteiger partial charge in [-0.05, 0) is 23.6 Å². The van der Waals surface area contributed by atoms with Gasteiger partial charge in [0.15, 0.2) is 0 Å². The highest BCUT2D eigenvalue weighted by molar-refractivity contribution is 5.46. The molecule has 0 spiro atoms. The lowest BCUT2D eigenvalue weighted by Crippen LogP contribution is -1.95. The smallest absolute Gasteiger partial charge is 0.146 e. The standard InChI is InChI=1S/C10H14FN.H2/c1-7(2)8-4-5-10(12-3)9(11)6-8;/h4-7,12H,1-3H3;1H. The molecule has 1 aromatic carbocycles. The van der Waals surface area contributed by atoms with Crippen molar-refractivity contribution in [3.8, 4) is 0 Å². The summed E-state index contributed by atoms with van der Waals surface area (Å²) < 4.78 is 13.1. The van der Waals surface area contributed by atoms with Crippen molar-refractivity contribution in [1.29, 1.82) is 0 Å². The van der Waals surface area contributed by atoms with E-state index < -0.39 is 0 Å². The van der Waals surface area contributed by atoms with Crippen molar-refractivity contribution in [2.45, 2.75) is 19.8 Å². The van der Waals surface area contributed by atoms with Gasteiger partial charge in [-0.25, -0.2) is 4.39 Å². The predicted octanol–water partition coefficient (Wildman–Crippen LogP) is 3.24. The van der Waals surface area contributed by atoms with Crippen molar-refractivity contribution < 1.29 is 5.82 Å². The third-order valence-corrected chi connectivity index (χ3v) is 1.93. The van der Waals surface area contributed by atoms with Gasteiger partial charge in [-0.15, -0.1) is 0 Å². The summed E-state index contributed by atoms with van der Waals surface area (Å²) in [6, 6.07) is 5.29. The van der Waals surface area contributed by atoms with E-state index in [0.29, 0.717) is 11.6 Å². The van der Waals surface area contributed by atoms with Crippen LogP contribution < -0.4 is 5.32 Å². The quantitative estimate of drug-likeness (QED) is 0.716. The monoisotopic (exact) mass is 169 g/mol. The highest BCUT2D eigenvalue weighted by Crippen LogP contribution is 2.20. The Morgan fingerprint density at radius 1 is 1.42 bits per heavy atom. The highest BCUT2D eigenvalue weighted by atomic mass is 19.1. The van der Waals surface area contributed by atoms with Crippen molar-refractivity contribution in [2.24, 2.45) is 0 Å². The minimum absolute atomic E-state index is 0. The van der Waals surface area contributed by atoms with Crippen LogP contribution in [0.5, 0.6) is 0 Å². The second-order valence-electron chi connectivity index (χ2n) is 3.14. The zero-order valence-electron chi connectivity index (χ0n) is 7.69. The van der Waals surface area contributed by atoms with Crippen LogP contribution in [0.2, 0.25) is 0 Å². The lowest BCUT2D eigenvalue weighted by Gasteiger charge is -2.07. The molecule has 0 bridgehead atoms. The van der Waals surface area contributed by atoms with Crippen LogP contribution in [0, 0.1) is 5.82 Å². The summed E-state index contributed by atoms with van der Waals surface area (Å²) in [5.41, 5.74) is 1.59. The van der Waals surface area contributed by atoms with Gasteiger partial charge in [0.05, 0.1) is 5.69 Å². The van der Waals surface area contributed by atoms with Crippen LogP contribution in [-0.4, -0.2) is 7.05 Å². The minimum Gasteiger partial charge on any atom is -0.386 e. The van der Waals surface area contributed by atoms with Crippen molar-refractivity contribution in [1.82, 2.24) is 0 Å². The number of rotatable bonds is 2. The zero-order chi connectivity index (χ0) is 9.14. The molecule has 0 unspecified atom stereocenters. The molecular weight excluding hydrogens is 153 g/mol. The van der Waals surface area contributed by atoms with Gasteiger partial charge in [0.1, 0.15) is 5.82 Å². The number of anilines is 1. The molecule has 1 N–H and O–H groups in total. The summed E-state index contributed by atoms with van der Waals surface area (Å²) in [5, 5.41) is 2.79. The molecular formula is C10H16FN. The molecule has 0 radical (unpaired) electrons. The number of benzene rings is 1. The van der Waals surface area contributed by atoms with Crippen molar-refractivity contribution in [2.75, 3.05) is 12.4 Å². The third-order valence-electron chi connectivity index (χ3n) is 1.93.